The highest BCUT2D eigenvalue weighted by Gasteiger charge is 2.38. The van der Waals surface area contributed by atoms with E-state index in [0.29, 0.717) is 16.4 Å². The van der Waals surface area contributed by atoms with E-state index in [1.807, 2.05) is 0 Å². The summed E-state index contributed by atoms with van der Waals surface area (Å²) in [6, 6.07) is 12.0. The van der Waals surface area contributed by atoms with Gasteiger partial charge in [0.1, 0.15) is 0 Å². The Hall–Kier alpha value is -4.03. The fourth-order valence-corrected chi connectivity index (χ4v) is 3.98. The Bertz CT molecular complexity index is 1390. The van der Waals surface area contributed by atoms with Gasteiger partial charge < -0.3 is 0 Å². The van der Waals surface area contributed by atoms with Gasteiger partial charge in [-0.25, -0.2) is 23.1 Å². The maximum Gasteiger partial charge on any atom is 0.282 e. The van der Waals surface area contributed by atoms with Gasteiger partial charge in [0, 0.05) is 23.0 Å². The van der Waals surface area contributed by atoms with Gasteiger partial charge in [0.15, 0.2) is 6.04 Å². The van der Waals surface area contributed by atoms with Gasteiger partial charge in [-0.05, 0) is 61.5 Å². The second kappa shape index (κ2) is 9.45. The third-order valence-corrected chi connectivity index (χ3v) is 6.20. The molecule has 1 N–H and O–H groups in total. The van der Waals surface area contributed by atoms with Gasteiger partial charge in [-0.2, -0.15) is 20.3 Å². The Balaban J connectivity index is 1.45. The lowest BCUT2D eigenvalue weighted by molar-refractivity contribution is -0.127. The number of nitrogens with one attached hydrogen (secondary N) is 1. The van der Waals surface area contributed by atoms with Crippen molar-refractivity contribution < 1.29 is 18.0 Å². The molecule has 1 aliphatic rings. The number of sulfonamides is 1. The lowest BCUT2D eigenvalue weighted by Crippen LogP contribution is -2.34. The van der Waals surface area contributed by atoms with Crippen molar-refractivity contribution in [2.24, 2.45) is 15.3 Å². The summed E-state index contributed by atoms with van der Waals surface area (Å²) in [5, 5.41) is 13.2. The second-order valence-electron chi connectivity index (χ2n) is 6.99. The molecule has 13 heteroatoms. The molecule has 0 spiro atoms. The van der Waals surface area contributed by atoms with Crippen molar-refractivity contribution in [3.05, 3.63) is 77.6 Å². The lowest BCUT2D eigenvalue weighted by atomic mass is 10.2. The number of halogens is 1. The molecule has 0 saturated heterocycles. The smallest absolute Gasteiger partial charge is 0.269 e. The first-order valence-corrected chi connectivity index (χ1v) is 11.6. The van der Waals surface area contributed by atoms with Crippen LogP contribution in [0.2, 0.25) is 5.02 Å². The highest BCUT2D eigenvalue weighted by molar-refractivity contribution is 7.92. The number of carbonyl (C=O) groups excluding carboxylic acids is 2. The maximum atomic E-state index is 12.7. The Labute approximate surface area is 199 Å². The number of hydrogen-bond acceptors (Lipinski definition) is 9. The van der Waals surface area contributed by atoms with Gasteiger partial charge in [-0.1, -0.05) is 11.6 Å². The van der Waals surface area contributed by atoms with E-state index in [2.05, 4.69) is 30.0 Å². The molecule has 1 unspecified atom stereocenters. The van der Waals surface area contributed by atoms with Crippen LogP contribution >= 0.6 is 11.6 Å². The molecule has 2 heterocycles. The minimum absolute atomic E-state index is 0.0340. The van der Waals surface area contributed by atoms with Crippen LogP contribution in [-0.4, -0.2) is 47.0 Å². The average molecular weight is 498 g/mol. The van der Waals surface area contributed by atoms with E-state index in [4.69, 9.17) is 11.6 Å². The number of hydrogen-bond donors (Lipinski definition) is 1. The molecular weight excluding hydrogens is 482 g/mol. The number of nitrogens with zero attached hydrogens (tertiary/aromatic N) is 6. The van der Waals surface area contributed by atoms with E-state index in [9.17, 15) is 18.0 Å². The molecule has 2 amide bonds. The van der Waals surface area contributed by atoms with Crippen LogP contribution in [0.1, 0.15) is 17.3 Å². The zero-order chi connectivity index (χ0) is 24.3. The van der Waals surface area contributed by atoms with E-state index in [0.717, 1.165) is 5.01 Å². The third-order valence-electron chi connectivity index (χ3n) is 4.61. The number of amides is 2. The van der Waals surface area contributed by atoms with Gasteiger partial charge in [-0.3, -0.25) is 9.59 Å². The molecule has 11 nitrogen and oxygen atoms in total. The topological polar surface area (TPSA) is 146 Å². The number of carbonyl (C=O) groups is 2. The summed E-state index contributed by atoms with van der Waals surface area (Å²) in [6.07, 6.45) is 2.82. The molecule has 172 valence electrons. The van der Waals surface area contributed by atoms with E-state index in [1.165, 1.54) is 60.9 Å². The van der Waals surface area contributed by atoms with Crippen molar-refractivity contribution in [2.45, 2.75) is 17.9 Å². The van der Waals surface area contributed by atoms with Crippen LogP contribution in [0.25, 0.3) is 0 Å². The first-order valence-electron chi connectivity index (χ1n) is 9.74. The predicted octanol–water partition coefficient (Wildman–Crippen LogP) is 3.44. The number of hydrazone groups is 1. The quantitative estimate of drug-likeness (QED) is 0.407. The Morgan fingerprint density at radius 2 is 1.71 bits per heavy atom. The summed E-state index contributed by atoms with van der Waals surface area (Å²) >= 11 is 5.83. The summed E-state index contributed by atoms with van der Waals surface area (Å²) < 4.78 is 27.2. The van der Waals surface area contributed by atoms with Crippen molar-refractivity contribution in [2.75, 3.05) is 4.72 Å². The Morgan fingerprint density at radius 1 is 1.06 bits per heavy atom. The molecule has 0 fully saturated rings. The monoisotopic (exact) mass is 497 g/mol. The molecule has 1 atom stereocenters. The summed E-state index contributed by atoms with van der Waals surface area (Å²) in [7, 11) is -3.90. The number of benzene rings is 2. The van der Waals surface area contributed by atoms with Crippen LogP contribution in [0.15, 0.2) is 87.2 Å². The largest absolute Gasteiger partial charge is 0.282 e. The highest BCUT2D eigenvalue weighted by atomic mass is 35.5. The zero-order valence-electron chi connectivity index (χ0n) is 17.5. The van der Waals surface area contributed by atoms with Crippen molar-refractivity contribution in [3.8, 4) is 0 Å². The summed E-state index contributed by atoms with van der Waals surface area (Å²) in [5.74, 6) is -1.31. The first kappa shape index (κ1) is 23.1. The van der Waals surface area contributed by atoms with Gasteiger partial charge in [0.2, 0.25) is 5.95 Å². The Morgan fingerprint density at radius 3 is 2.35 bits per heavy atom. The molecule has 2 aromatic carbocycles. The van der Waals surface area contributed by atoms with Crippen LogP contribution in [0.3, 0.4) is 0 Å². The number of aromatic nitrogens is 2. The van der Waals surface area contributed by atoms with Gasteiger partial charge in [0.05, 0.1) is 16.3 Å². The van der Waals surface area contributed by atoms with Crippen LogP contribution in [0.5, 0.6) is 0 Å². The number of imide groups is 1. The summed E-state index contributed by atoms with van der Waals surface area (Å²) in [5.41, 5.74) is 0.846. The zero-order valence-corrected chi connectivity index (χ0v) is 19.1. The molecule has 0 aliphatic carbocycles. The van der Waals surface area contributed by atoms with Crippen LogP contribution < -0.4 is 4.72 Å². The molecule has 34 heavy (non-hydrogen) atoms. The third kappa shape index (κ3) is 4.97. The summed E-state index contributed by atoms with van der Waals surface area (Å²) in [6.45, 7) is 1.56. The maximum absolute atomic E-state index is 12.7. The van der Waals surface area contributed by atoms with E-state index in [-0.39, 0.29) is 16.4 Å². The highest BCUT2D eigenvalue weighted by Crippen LogP contribution is 2.22. The second-order valence-corrected chi connectivity index (χ2v) is 9.11. The van der Waals surface area contributed by atoms with Gasteiger partial charge >= 0.3 is 0 Å². The molecule has 4 rings (SSSR count). The summed E-state index contributed by atoms with van der Waals surface area (Å²) in [4.78, 5) is 32.9. The van der Waals surface area contributed by atoms with Crippen LogP contribution in [0.4, 0.5) is 11.6 Å². The van der Waals surface area contributed by atoms with Crippen LogP contribution in [-0.2, 0) is 14.8 Å². The molecule has 3 aromatic rings. The molecule has 0 radical (unpaired) electrons. The fraction of sp³-hybridized carbons (Fsp3) is 0.0952. The molecule has 1 aromatic heterocycles. The average Bonchev–Trinajstić information content (AvgIpc) is 3.11. The van der Waals surface area contributed by atoms with E-state index >= 15 is 0 Å². The van der Waals surface area contributed by atoms with Crippen molar-refractivity contribution in [1.82, 2.24) is 15.0 Å². The van der Waals surface area contributed by atoms with E-state index < -0.39 is 27.9 Å². The molecule has 1 aliphatic heterocycles. The number of azo groups is 1. The van der Waals surface area contributed by atoms with Crippen molar-refractivity contribution in [3.63, 3.8) is 0 Å². The Kier molecular flexibility index (Phi) is 6.43. The fourth-order valence-electron chi connectivity index (χ4n) is 2.90. The van der Waals surface area contributed by atoms with Gasteiger partial charge in [0.25, 0.3) is 21.8 Å². The first-order chi connectivity index (χ1) is 16.2. The van der Waals surface area contributed by atoms with Crippen molar-refractivity contribution >= 4 is 50.8 Å². The lowest BCUT2D eigenvalue weighted by Gasteiger charge is -2.10. The van der Waals surface area contributed by atoms with Crippen LogP contribution in [0, 0.1) is 0 Å². The minimum Gasteiger partial charge on any atom is -0.269 e. The minimum atomic E-state index is -3.90. The van der Waals surface area contributed by atoms with E-state index in [1.54, 1.807) is 13.0 Å². The molecule has 0 bridgehead atoms. The number of anilines is 1. The predicted molar refractivity (Wildman–Crippen MR) is 123 cm³/mol. The molecule has 0 saturated carbocycles. The standard InChI is InChI=1S/C21H16ClN7O4S/c1-13-18(20(31)29(27-13)19(30)14-3-5-15(22)6-4-14)26-25-16-7-9-17(10-8-16)34(32,33)28-21-23-11-2-12-24-21/h2-12,18H,1H3,(H,23,24,28). The normalized spacial score (nSPS) is 16.1. The van der Waals surface area contributed by atoms with Gasteiger partial charge in [-0.15, -0.1) is 0 Å². The SMILES string of the molecule is CC1=NN(C(=O)c2ccc(Cl)cc2)C(=O)C1N=Nc1ccc(S(=O)(=O)Nc2ncccn2)cc1. The van der Waals surface area contributed by atoms with Crippen molar-refractivity contribution in [1.29, 1.82) is 0 Å². The number of rotatable bonds is 6. The molecular formula is C21H16ClN7O4S.